The van der Waals surface area contributed by atoms with E-state index >= 15 is 0 Å². The Morgan fingerprint density at radius 2 is 1.93 bits per heavy atom. The molecule has 2 fully saturated rings. The number of thioether (sulfide) groups is 1. The SMILES string of the molecule is CC1CN(CC2CCCN2C(=O)CSc2ccc3c(c2)CCC3)CC(C)O1. The molecule has 148 valence electrons. The zero-order valence-electron chi connectivity index (χ0n) is 16.7. The number of hydrogen-bond donors (Lipinski definition) is 0. The van der Waals surface area contributed by atoms with Gasteiger partial charge in [0.15, 0.2) is 0 Å². The molecule has 3 unspecified atom stereocenters. The molecule has 5 heteroatoms. The van der Waals surface area contributed by atoms with Crippen LogP contribution in [0.2, 0.25) is 0 Å². The lowest BCUT2D eigenvalue weighted by atomic mass is 10.1. The van der Waals surface area contributed by atoms with Crippen molar-refractivity contribution in [2.45, 2.75) is 69.1 Å². The molecular formula is C22H32N2O2S. The molecule has 2 aliphatic heterocycles. The van der Waals surface area contributed by atoms with Gasteiger partial charge in [0.1, 0.15) is 0 Å². The zero-order chi connectivity index (χ0) is 18.8. The summed E-state index contributed by atoms with van der Waals surface area (Å²) in [5.41, 5.74) is 2.99. The van der Waals surface area contributed by atoms with E-state index in [1.165, 1.54) is 35.3 Å². The Hall–Kier alpha value is -1.04. The van der Waals surface area contributed by atoms with Crippen LogP contribution in [-0.2, 0) is 22.4 Å². The monoisotopic (exact) mass is 388 g/mol. The first kappa shape index (κ1) is 19.3. The van der Waals surface area contributed by atoms with Crippen LogP contribution in [0.15, 0.2) is 23.1 Å². The number of benzene rings is 1. The second-order valence-corrected chi connectivity index (χ2v) is 9.48. The summed E-state index contributed by atoms with van der Waals surface area (Å²) in [5, 5.41) is 0. The minimum absolute atomic E-state index is 0.287. The van der Waals surface area contributed by atoms with Crippen LogP contribution in [0.25, 0.3) is 0 Å². The van der Waals surface area contributed by atoms with Gasteiger partial charge >= 0.3 is 0 Å². The Labute approximate surface area is 167 Å². The molecule has 1 amide bonds. The third-order valence-corrected chi connectivity index (χ3v) is 7.07. The minimum atomic E-state index is 0.287. The number of hydrogen-bond acceptors (Lipinski definition) is 4. The van der Waals surface area contributed by atoms with Crippen LogP contribution in [0.5, 0.6) is 0 Å². The average molecular weight is 389 g/mol. The lowest BCUT2D eigenvalue weighted by molar-refractivity contribution is -0.130. The predicted octanol–water partition coefficient (Wildman–Crippen LogP) is 3.37. The summed E-state index contributed by atoms with van der Waals surface area (Å²) < 4.78 is 5.85. The number of fused-ring (bicyclic) bond motifs is 1. The van der Waals surface area contributed by atoms with Crippen molar-refractivity contribution in [2.24, 2.45) is 0 Å². The van der Waals surface area contributed by atoms with Crippen molar-refractivity contribution in [3.63, 3.8) is 0 Å². The van der Waals surface area contributed by atoms with Gasteiger partial charge in [-0.1, -0.05) is 6.07 Å². The molecule has 0 saturated carbocycles. The summed E-state index contributed by atoms with van der Waals surface area (Å²) in [6, 6.07) is 7.13. The molecule has 1 aliphatic carbocycles. The molecule has 1 aromatic carbocycles. The zero-order valence-corrected chi connectivity index (χ0v) is 17.5. The molecule has 0 radical (unpaired) electrons. The molecule has 4 rings (SSSR count). The van der Waals surface area contributed by atoms with Crippen LogP contribution in [0.1, 0.15) is 44.2 Å². The molecule has 0 spiro atoms. The van der Waals surface area contributed by atoms with E-state index < -0.39 is 0 Å². The van der Waals surface area contributed by atoms with Gasteiger partial charge in [0.25, 0.3) is 0 Å². The van der Waals surface area contributed by atoms with Crippen molar-refractivity contribution in [3.8, 4) is 0 Å². The number of aryl methyl sites for hydroxylation is 2. The van der Waals surface area contributed by atoms with Gasteiger partial charge in [0.05, 0.1) is 18.0 Å². The van der Waals surface area contributed by atoms with Crippen molar-refractivity contribution in [2.75, 3.05) is 31.9 Å². The second-order valence-electron chi connectivity index (χ2n) is 8.43. The van der Waals surface area contributed by atoms with E-state index in [2.05, 4.69) is 41.8 Å². The van der Waals surface area contributed by atoms with Crippen molar-refractivity contribution >= 4 is 17.7 Å². The molecule has 2 heterocycles. The third kappa shape index (κ3) is 4.69. The summed E-state index contributed by atoms with van der Waals surface area (Å²) in [7, 11) is 0. The van der Waals surface area contributed by atoms with Crippen molar-refractivity contribution in [1.82, 2.24) is 9.80 Å². The molecule has 1 aromatic rings. The highest BCUT2D eigenvalue weighted by atomic mass is 32.2. The highest BCUT2D eigenvalue weighted by molar-refractivity contribution is 8.00. The van der Waals surface area contributed by atoms with E-state index in [0.29, 0.717) is 17.7 Å². The lowest BCUT2D eigenvalue weighted by Gasteiger charge is -2.38. The van der Waals surface area contributed by atoms with Gasteiger partial charge in [-0.05, 0) is 69.2 Å². The Morgan fingerprint density at radius 1 is 1.15 bits per heavy atom. The number of amides is 1. The topological polar surface area (TPSA) is 32.8 Å². The lowest BCUT2D eigenvalue weighted by Crippen LogP contribution is -2.51. The number of likely N-dealkylation sites (tertiary alicyclic amines) is 1. The average Bonchev–Trinajstić information content (AvgIpc) is 3.27. The fourth-order valence-electron chi connectivity index (χ4n) is 4.95. The standard InChI is InChI=1S/C22H32N2O2S/c1-16-12-23(13-17(2)26-16)14-20-7-4-10-24(20)22(25)15-27-21-9-8-18-5-3-6-19(18)11-21/h8-9,11,16-17,20H,3-7,10,12-15H2,1-2H3. The molecule has 0 bridgehead atoms. The summed E-state index contributed by atoms with van der Waals surface area (Å²) in [4.78, 5) is 18.8. The van der Waals surface area contributed by atoms with E-state index in [0.717, 1.165) is 39.0 Å². The molecular weight excluding hydrogens is 356 g/mol. The third-order valence-electron chi connectivity index (χ3n) is 6.09. The molecule has 0 N–H and O–H groups in total. The minimum Gasteiger partial charge on any atom is -0.373 e. The highest BCUT2D eigenvalue weighted by Gasteiger charge is 2.32. The molecule has 2 saturated heterocycles. The van der Waals surface area contributed by atoms with Gasteiger partial charge in [-0.15, -0.1) is 11.8 Å². The second kappa shape index (κ2) is 8.54. The number of morpholine rings is 1. The Morgan fingerprint density at radius 3 is 2.74 bits per heavy atom. The van der Waals surface area contributed by atoms with Gasteiger partial charge in [-0.3, -0.25) is 9.69 Å². The highest BCUT2D eigenvalue weighted by Crippen LogP contribution is 2.28. The van der Waals surface area contributed by atoms with Gasteiger partial charge in [0.2, 0.25) is 5.91 Å². The van der Waals surface area contributed by atoms with Gasteiger partial charge in [-0.25, -0.2) is 0 Å². The van der Waals surface area contributed by atoms with Crippen LogP contribution in [-0.4, -0.2) is 65.9 Å². The van der Waals surface area contributed by atoms with Crippen LogP contribution >= 0.6 is 11.8 Å². The normalized spacial score (nSPS) is 28.5. The van der Waals surface area contributed by atoms with Crippen LogP contribution in [0.4, 0.5) is 0 Å². The number of rotatable bonds is 5. The quantitative estimate of drug-likeness (QED) is 0.724. The first-order chi connectivity index (χ1) is 13.1. The first-order valence-electron chi connectivity index (χ1n) is 10.5. The smallest absolute Gasteiger partial charge is 0.233 e. The summed E-state index contributed by atoms with van der Waals surface area (Å²) in [6.07, 6.45) is 6.53. The molecule has 4 nitrogen and oxygen atoms in total. The van der Waals surface area contributed by atoms with Crippen LogP contribution in [0, 0.1) is 0 Å². The van der Waals surface area contributed by atoms with Gasteiger partial charge in [-0.2, -0.15) is 0 Å². The van der Waals surface area contributed by atoms with E-state index in [4.69, 9.17) is 4.74 Å². The molecule has 27 heavy (non-hydrogen) atoms. The molecule has 3 aliphatic rings. The first-order valence-corrected chi connectivity index (χ1v) is 11.5. The van der Waals surface area contributed by atoms with Crippen molar-refractivity contribution < 1.29 is 9.53 Å². The molecule has 3 atom stereocenters. The number of carbonyl (C=O) groups is 1. The van der Waals surface area contributed by atoms with E-state index in [9.17, 15) is 4.79 Å². The summed E-state index contributed by atoms with van der Waals surface area (Å²) >= 11 is 1.71. The van der Waals surface area contributed by atoms with Crippen molar-refractivity contribution in [1.29, 1.82) is 0 Å². The fourth-order valence-corrected chi connectivity index (χ4v) is 5.80. The van der Waals surface area contributed by atoms with E-state index in [1.807, 2.05) is 0 Å². The number of carbonyl (C=O) groups excluding carboxylic acids is 1. The Bertz CT molecular complexity index is 670. The molecule has 0 aromatic heterocycles. The van der Waals surface area contributed by atoms with Crippen molar-refractivity contribution in [3.05, 3.63) is 29.3 Å². The van der Waals surface area contributed by atoms with Crippen LogP contribution in [0.3, 0.4) is 0 Å². The van der Waals surface area contributed by atoms with E-state index in [-0.39, 0.29) is 12.2 Å². The Kier molecular flexibility index (Phi) is 6.10. The number of ether oxygens (including phenoxy) is 1. The van der Waals surface area contributed by atoms with Crippen LogP contribution < -0.4 is 0 Å². The number of nitrogens with zero attached hydrogens (tertiary/aromatic N) is 2. The largest absolute Gasteiger partial charge is 0.373 e. The predicted molar refractivity (Wildman–Crippen MR) is 110 cm³/mol. The summed E-state index contributed by atoms with van der Waals surface area (Å²) in [5.74, 6) is 0.864. The Balaban J connectivity index is 1.31. The van der Waals surface area contributed by atoms with Gasteiger partial charge < -0.3 is 9.64 Å². The van der Waals surface area contributed by atoms with E-state index in [1.54, 1.807) is 11.8 Å². The maximum absolute atomic E-state index is 12.9. The summed E-state index contributed by atoms with van der Waals surface area (Å²) in [6.45, 7) is 8.16. The van der Waals surface area contributed by atoms with Gasteiger partial charge in [0, 0.05) is 37.1 Å². The maximum Gasteiger partial charge on any atom is 0.233 e. The maximum atomic E-state index is 12.9. The fraction of sp³-hybridized carbons (Fsp3) is 0.682.